The second-order valence-corrected chi connectivity index (χ2v) is 7.56. The van der Waals surface area contributed by atoms with E-state index in [1.807, 2.05) is 11.3 Å². The van der Waals surface area contributed by atoms with Crippen molar-refractivity contribution in [3.05, 3.63) is 21.9 Å². The Morgan fingerprint density at radius 2 is 2.15 bits per heavy atom. The summed E-state index contributed by atoms with van der Waals surface area (Å²) in [6.07, 6.45) is 8.30. The molecular weight excluding hydrogens is 264 g/mol. The van der Waals surface area contributed by atoms with Gasteiger partial charge in [-0.25, -0.2) is 0 Å². The van der Waals surface area contributed by atoms with E-state index in [1.165, 1.54) is 45.1 Å². The molecule has 1 aliphatic heterocycles. The number of hydrogen-bond donors (Lipinski definition) is 1. The van der Waals surface area contributed by atoms with Gasteiger partial charge in [0.05, 0.1) is 0 Å². The third-order valence-corrected chi connectivity index (χ3v) is 6.19. The lowest BCUT2D eigenvalue weighted by molar-refractivity contribution is 0.138. The molecule has 0 radical (unpaired) electrons. The van der Waals surface area contributed by atoms with Crippen LogP contribution in [0, 0.1) is 0 Å². The molecule has 2 atom stereocenters. The van der Waals surface area contributed by atoms with E-state index in [1.54, 1.807) is 10.4 Å². The van der Waals surface area contributed by atoms with Gasteiger partial charge >= 0.3 is 0 Å². The van der Waals surface area contributed by atoms with Crippen LogP contribution in [0.15, 0.2) is 11.4 Å². The zero-order valence-electron chi connectivity index (χ0n) is 12.9. The fourth-order valence-electron chi connectivity index (χ4n) is 3.89. The van der Waals surface area contributed by atoms with Crippen LogP contribution in [0.4, 0.5) is 0 Å². The standard InChI is InChI=1S/C17H28N2S/c1-13(12-18-15-6-4-3-5-7-15)19-10-8-17-16(14(19)2)9-11-20-17/h9,11,13-15,18H,3-8,10,12H2,1-2H3. The van der Waals surface area contributed by atoms with E-state index in [4.69, 9.17) is 0 Å². The van der Waals surface area contributed by atoms with Gasteiger partial charge in [0.15, 0.2) is 0 Å². The minimum absolute atomic E-state index is 0.591. The molecule has 1 N–H and O–H groups in total. The molecule has 2 aliphatic rings. The summed E-state index contributed by atoms with van der Waals surface area (Å²) in [6.45, 7) is 7.14. The molecule has 0 bridgehead atoms. The van der Waals surface area contributed by atoms with Gasteiger partial charge in [0.25, 0.3) is 0 Å². The van der Waals surface area contributed by atoms with Crippen LogP contribution >= 0.6 is 11.3 Å². The van der Waals surface area contributed by atoms with Crippen molar-refractivity contribution in [3.8, 4) is 0 Å². The molecule has 112 valence electrons. The zero-order valence-corrected chi connectivity index (χ0v) is 13.7. The van der Waals surface area contributed by atoms with Gasteiger partial charge < -0.3 is 5.32 Å². The van der Waals surface area contributed by atoms with Crippen LogP contribution in [0.25, 0.3) is 0 Å². The van der Waals surface area contributed by atoms with Crippen LogP contribution in [0.2, 0.25) is 0 Å². The number of nitrogens with one attached hydrogen (secondary N) is 1. The molecule has 1 saturated carbocycles. The molecule has 20 heavy (non-hydrogen) atoms. The van der Waals surface area contributed by atoms with Crippen LogP contribution in [0.3, 0.4) is 0 Å². The van der Waals surface area contributed by atoms with Crippen molar-refractivity contribution in [2.45, 2.75) is 70.5 Å². The Morgan fingerprint density at radius 1 is 1.35 bits per heavy atom. The van der Waals surface area contributed by atoms with Gasteiger partial charge in [-0.3, -0.25) is 4.90 Å². The van der Waals surface area contributed by atoms with E-state index in [-0.39, 0.29) is 0 Å². The lowest BCUT2D eigenvalue weighted by Gasteiger charge is -2.39. The third-order valence-electron chi connectivity index (χ3n) is 5.20. The summed E-state index contributed by atoms with van der Waals surface area (Å²) in [4.78, 5) is 4.30. The quantitative estimate of drug-likeness (QED) is 0.903. The zero-order chi connectivity index (χ0) is 13.9. The van der Waals surface area contributed by atoms with Crippen molar-refractivity contribution in [3.63, 3.8) is 0 Å². The molecule has 0 spiro atoms. The van der Waals surface area contributed by atoms with Gasteiger partial charge in [0, 0.05) is 36.1 Å². The number of rotatable bonds is 4. The number of nitrogens with zero attached hydrogens (tertiary/aromatic N) is 1. The van der Waals surface area contributed by atoms with Crippen LogP contribution in [-0.4, -0.2) is 30.1 Å². The van der Waals surface area contributed by atoms with Crippen LogP contribution in [0.5, 0.6) is 0 Å². The fraction of sp³-hybridized carbons (Fsp3) is 0.765. The smallest absolute Gasteiger partial charge is 0.0334 e. The first-order valence-electron chi connectivity index (χ1n) is 8.31. The highest BCUT2D eigenvalue weighted by atomic mass is 32.1. The molecular formula is C17H28N2S. The summed E-state index contributed by atoms with van der Waals surface area (Å²) in [7, 11) is 0. The summed E-state index contributed by atoms with van der Waals surface area (Å²) < 4.78 is 0. The summed E-state index contributed by atoms with van der Waals surface area (Å²) >= 11 is 1.94. The minimum atomic E-state index is 0.591. The van der Waals surface area contributed by atoms with Gasteiger partial charge in [-0.05, 0) is 50.1 Å². The Bertz CT molecular complexity index is 422. The molecule has 3 rings (SSSR count). The van der Waals surface area contributed by atoms with Crippen LogP contribution in [0.1, 0.15) is 62.4 Å². The molecule has 1 aliphatic carbocycles. The maximum atomic E-state index is 3.82. The second kappa shape index (κ2) is 6.59. The molecule has 0 amide bonds. The predicted octanol–water partition coefficient (Wildman–Crippen LogP) is 3.98. The van der Waals surface area contributed by atoms with Gasteiger partial charge in [0.1, 0.15) is 0 Å². The van der Waals surface area contributed by atoms with Gasteiger partial charge in [-0.2, -0.15) is 0 Å². The minimum Gasteiger partial charge on any atom is -0.312 e. The Hall–Kier alpha value is -0.380. The molecule has 2 nitrogen and oxygen atoms in total. The highest BCUT2D eigenvalue weighted by Crippen LogP contribution is 2.33. The molecule has 2 heterocycles. The van der Waals surface area contributed by atoms with Crippen molar-refractivity contribution in [2.75, 3.05) is 13.1 Å². The van der Waals surface area contributed by atoms with Crippen molar-refractivity contribution in [1.82, 2.24) is 10.2 Å². The van der Waals surface area contributed by atoms with E-state index in [9.17, 15) is 0 Å². The molecule has 3 heteroatoms. The topological polar surface area (TPSA) is 15.3 Å². The summed E-state index contributed by atoms with van der Waals surface area (Å²) in [5.41, 5.74) is 1.57. The molecule has 0 aromatic carbocycles. The van der Waals surface area contributed by atoms with Crippen LogP contribution in [-0.2, 0) is 6.42 Å². The lowest BCUT2D eigenvalue weighted by Crippen LogP contribution is -2.47. The average Bonchev–Trinajstić information content (AvgIpc) is 2.96. The van der Waals surface area contributed by atoms with Gasteiger partial charge in [0.2, 0.25) is 0 Å². The molecule has 1 fully saturated rings. The number of hydrogen-bond acceptors (Lipinski definition) is 3. The first kappa shape index (κ1) is 14.6. The molecule has 1 aromatic heterocycles. The number of fused-ring (bicyclic) bond motifs is 1. The second-order valence-electron chi connectivity index (χ2n) is 6.56. The SMILES string of the molecule is CC(CNC1CCCCC1)N1CCc2sccc2C1C. The maximum Gasteiger partial charge on any atom is 0.0334 e. The monoisotopic (exact) mass is 292 g/mol. The fourth-order valence-corrected chi connectivity index (χ4v) is 4.85. The van der Waals surface area contributed by atoms with Gasteiger partial charge in [-0.1, -0.05) is 19.3 Å². The number of thiophene rings is 1. The van der Waals surface area contributed by atoms with Gasteiger partial charge in [-0.15, -0.1) is 11.3 Å². The van der Waals surface area contributed by atoms with Crippen molar-refractivity contribution in [2.24, 2.45) is 0 Å². The molecule has 2 unspecified atom stereocenters. The van der Waals surface area contributed by atoms with E-state index < -0.39 is 0 Å². The van der Waals surface area contributed by atoms with Crippen molar-refractivity contribution < 1.29 is 0 Å². The summed E-state index contributed by atoms with van der Waals surface area (Å²) in [5, 5.41) is 6.08. The molecule has 0 saturated heterocycles. The Labute approximate surface area is 127 Å². The normalized spacial score (nSPS) is 26.4. The Kier molecular flexibility index (Phi) is 4.79. The largest absolute Gasteiger partial charge is 0.312 e. The predicted molar refractivity (Wildman–Crippen MR) is 87.5 cm³/mol. The average molecular weight is 292 g/mol. The van der Waals surface area contributed by atoms with E-state index >= 15 is 0 Å². The summed E-state index contributed by atoms with van der Waals surface area (Å²) in [6, 6.07) is 4.34. The molecule has 1 aromatic rings. The Balaban J connectivity index is 1.53. The summed E-state index contributed by atoms with van der Waals surface area (Å²) in [5.74, 6) is 0. The Morgan fingerprint density at radius 3 is 2.95 bits per heavy atom. The maximum absolute atomic E-state index is 3.82. The lowest BCUT2D eigenvalue weighted by atomic mass is 9.95. The first-order valence-corrected chi connectivity index (χ1v) is 9.19. The van der Waals surface area contributed by atoms with E-state index in [2.05, 4.69) is 35.5 Å². The van der Waals surface area contributed by atoms with Crippen LogP contribution < -0.4 is 5.32 Å². The highest BCUT2D eigenvalue weighted by molar-refractivity contribution is 7.10. The van der Waals surface area contributed by atoms with E-state index in [0.29, 0.717) is 12.1 Å². The first-order chi connectivity index (χ1) is 9.75. The highest BCUT2D eigenvalue weighted by Gasteiger charge is 2.28. The van der Waals surface area contributed by atoms with E-state index in [0.717, 1.165) is 12.6 Å². The van der Waals surface area contributed by atoms with Crippen molar-refractivity contribution >= 4 is 11.3 Å². The van der Waals surface area contributed by atoms with Crippen molar-refractivity contribution in [1.29, 1.82) is 0 Å². The third kappa shape index (κ3) is 3.10.